The van der Waals surface area contributed by atoms with Crippen molar-refractivity contribution in [1.29, 1.82) is 0 Å². The van der Waals surface area contributed by atoms with Gasteiger partial charge in [-0.05, 0) is 18.1 Å². The molecule has 5 nitrogen and oxygen atoms in total. The maximum absolute atomic E-state index is 12.0. The summed E-state index contributed by atoms with van der Waals surface area (Å²) >= 11 is 0. The molecule has 0 bridgehead atoms. The molecular formula is C15H19N3O2. The number of carbonyl (C=O) groups is 1. The molecule has 106 valence electrons. The number of hydrogen-bond acceptors (Lipinski definition) is 5. The van der Waals surface area contributed by atoms with E-state index >= 15 is 0 Å². The molecule has 2 heterocycles. The highest BCUT2D eigenvalue weighted by molar-refractivity contribution is 5.85. The first-order valence-electron chi connectivity index (χ1n) is 6.72. The van der Waals surface area contributed by atoms with Gasteiger partial charge in [-0.3, -0.25) is 9.78 Å². The number of carbonyl (C=O) groups excluding carboxylic acids is 1. The Balaban J connectivity index is 2.23. The molecule has 2 rings (SSSR count). The van der Waals surface area contributed by atoms with E-state index in [0.717, 1.165) is 12.0 Å². The van der Waals surface area contributed by atoms with Gasteiger partial charge < -0.3 is 4.52 Å². The number of pyridine rings is 1. The van der Waals surface area contributed by atoms with E-state index < -0.39 is 5.41 Å². The van der Waals surface area contributed by atoms with Crippen LogP contribution in [0.5, 0.6) is 0 Å². The van der Waals surface area contributed by atoms with Crippen LogP contribution >= 0.6 is 0 Å². The molecule has 0 spiro atoms. The molecule has 0 unspecified atom stereocenters. The highest BCUT2D eigenvalue weighted by Crippen LogP contribution is 2.21. The Morgan fingerprint density at radius 3 is 2.75 bits per heavy atom. The van der Waals surface area contributed by atoms with E-state index in [-0.39, 0.29) is 12.2 Å². The van der Waals surface area contributed by atoms with Crippen LogP contribution in [-0.4, -0.2) is 20.9 Å². The highest BCUT2D eigenvalue weighted by Gasteiger charge is 2.24. The molecule has 20 heavy (non-hydrogen) atoms. The molecule has 0 radical (unpaired) electrons. The van der Waals surface area contributed by atoms with Crippen LogP contribution in [0, 0.1) is 5.41 Å². The second kappa shape index (κ2) is 5.53. The van der Waals surface area contributed by atoms with Crippen LogP contribution in [0.3, 0.4) is 0 Å². The van der Waals surface area contributed by atoms with Crippen LogP contribution in [0.1, 0.15) is 39.1 Å². The van der Waals surface area contributed by atoms with E-state index in [1.807, 2.05) is 39.8 Å². The van der Waals surface area contributed by atoms with E-state index in [2.05, 4.69) is 15.1 Å². The quantitative estimate of drug-likeness (QED) is 0.856. The molecule has 0 aliphatic heterocycles. The summed E-state index contributed by atoms with van der Waals surface area (Å²) in [5.74, 6) is 0.858. The standard InChI is InChI=1S/C15H19N3O2/c1-5-10-7-6-8-16-13(10)14-17-12(20-18-14)9-11(19)15(2,3)4/h6-8H,5,9H2,1-4H3. The van der Waals surface area contributed by atoms with Crippen molar-refractivity contribution in [3.8, 4) is 11.5 Å². The van der Waals surface area contributed by atoms with Crippen molar-refractivity contribution >= 4 is 5.78 Å². The number of aryl methyl sites for hydroxylation is 1. The normalized spacial score (nSPS) is 11.6. The Labute approximate surface area is 118 Å². The van der Waals surface area contributed by atoms with E-state index in [1.165, 1.54) is 0 Å². The van der Waals surface area contributed by atoms with Crippen molar-refractivity contribution in [3.63, 3.8) is 0 Å². The summed E-state index contributed by atoms with van der Waals surface area (Å²) < 4.78 is 5.16. The lowest BCUT2D eigenvalue weighted by molar-refractivity contribution is -0.125. The summed E-state index contributed by atoms with van der Waals surface area (Å²) in [7, 11) is 0. The molecule has 0 amide bonds. The number of hydrogen-bond donors (Lipinski definition) is 0. The van der Waals surface area contributed by atoms with Crippen LogP contribution in [0.15, 0.2) is 22.9 Å². The Morgan fingerprint density at radius 1 is 1.35 bits per heavy atom. The third-order valence-electron chi connectivity index (χ3n) is 3.10. The van der Waals surface area contributed by atoms with Gasteiger partial charge in [-0.2, -0.15) is 4.98 Å². The van der Waals surface area contributed by atoms with Gasteiger partial charge in [-0.1, -0.05) is 38.9 Å². The summed E-state index contributed by atoms with van der Waals surface area (Å²) in [5, 5.41) is 3.93. The topological polar surface area (TPSA) is 68.9 Å². The zero-order chi connectivity index (χ0) is 14.8. The first-order valence-corrected chi connectivity index (χ1v) is 6.72. The van der Waals surface area contributed by atoms with Crippen molar-refractivity contribution < 1.29 is 9.32 Å². The lowest BCUT2D eigenvalue weighted by atomic mass is 9.89. The average molecular weight is 273 g/mol. The third-order valence-corrected chi connectivity index (χ3v) is 3.10. The second-order valence-corrected chi connectivity index (χ2v) is 5.73. The zero-order valence-electron chi connectivity index (χ0n) is 12.3. The SMILES string of the molecule is CCc1cccnc1-c1noc(CC(=O)C(C)(C)C)n1. The van der Waals surface area contributed by atoms with Crippen LogP contribution in [-0.2, 0) is 17.6 Å². The lowest BCUT2D eigenvalue weighted by Gasteiger charge is -2.14. The van der Waals surface area contributed by atoms with E-state index in [1.54, 1.807) is 6.20 Å². The van der Waals surface area contributed by atoms with E-state index in [0.29, 0.717) is 17.4 Å². The van der Waals surface area contributed by atoms with Crippen molar-refractivity contribution in [2.24, 2.45) is 5.41 Å². The predicted octanol–water partition coefficient (Wildman–Crippen LogP) is 2.85. The van der Waals surface area contributed by atoms with Gasteiger partial charge >= 0.3 is 0 Å². The van der Waals surface area contributed by atoms with Gasteiger partial charge in [0.25, 0.3) is 0 Å². The molecule has 0 saturated heterocycles. The average Bonchev–Trinajstić information content (AvgIpc) is 2.86. The van der Waals surface area contributed by atoms with Gasteiger partial charge in [0.05, 0.1) is 6.42 Å². The summed E-state index contributed by atoms with van der Waals surface area (Å²) in [6.07, 6.45) is 2.70. The molecule has 5 heteroatoms. The first-order chi connectivity index (χ1) is 9.41. The van der Waals surface area contributed by atoms with Gasteiger partial charge in [0.2, 0.25) is 11.7 Å². The fourth-order valence-electron chi connectivity index (χ4n) is 1.75. The molecule has 0 N–H and O–H groups in total. The molecule has 0 saturated carbocycles. The zero-order valence-corrected chi connectivity index (χ0v) is 12.3. The summed E-state index contributed by atoms with van der Waals surface area (Å²) in [5.41, 5.74) is 1.36. The number of rotatable bonds is 4. The fraction of sp³-hybridized carbons (Fsp3) is 0.467. The van der Waals surface area contributed by atoms with Gasteiger partial charge in [-0.15, -0.1) is 0 Å². The molecule has 0 aromatic carbocycles. The van der Waals surface area contributed by atoms with Crippen molar-refractivity contribution in [2.45, 2.75) is 40.5 Å². The number of Topliss-reactive ketones (excluding diaryl/α,β-unsaturated/α-hetero) is 1. The molecule has 0 aliphatic carbocycles. The van der Waals surface area contributed by atoms with Crippen LogP contribution < -0.4 is 0 Å². The fourth-order valence-corrected chi connectivity index (χ4v) is 1.75. The maximum Gasteiger partial charge on any atom is 0.234 e. The van der Waals surface area contributed by atoms with E-state index in [9.17, 15) is 4.79 Å². The highest BCUT2D eigenvalue weighted by atomic mass is 16.5. The minimum atomic E-state index is -0.409. The van der Waals surface area contributed by atoms with Crippen LogP contribution in [0.2, 0.25) is 0 Å². The smallest absolute Gasteiger partial charge is 0.234 e. The van der Waals surface area contributed by atoms with Gasteiger partial charge in [-0.25, -0.2) is 0 Å². The minimum absolute atomic E-state index is 0.0736. The number of ketones is 1. The van der Waals surface area contributed by atoms with Gasteiger partial charge in [0.15, 0.2) is 0 Å². The van der Waals surface area contributed by atoms with Crippen molar-refractivity contribution in [1.82, 2.24) is 15.1 Å². The second-order valence-electron chi connectivity index (χ2n) is 5.73. The molecule has 0 fully saturated rings. The third kappa shape index (κ3) is 3.10. The largest absolute Gasteiger partial charge is 0.338 e. The Bertz CT molecular complexity index is 612. The first kappa shape index (κ1) is 14.4. The van der Waals surface area contributed by atoms with Crippen molar-refractivity contribution in [3.05, 3.63) is 29.8 Å². The van der Waals surface area contributed by atoms with E-state index in [4.69, 9.17) is 4.52 Å². The monoisotopic (exact) mass is 273 g/mol. The van der Waals surface area contributed by atoms with Crippen molar-refractivity contribution in [2.75, 3.05) is 0 Å². The Kier molecular flexibility index (Phi) is 3.97. The molecule has 0 atom stereocenters. The number of nitrogens with zero attached hydrogens (tertiary/aromatic N) is 3. The minimum Gasteiger partial charge on any atom is -0.338 e. The van der Waals surface area contributed by atoms with Crippen LogP contribution in [0.25, 0.3) is 11.5 Å². The molecular weight excluding hydrogens is 254 g/mol. The van der Waals surface area contributed by atoms with Gasteiger partial charge in [0, 0.05) is 11.6 Å². The summed E-state index contributed by atoms with van der Waals surface area (Å²) in [6, 6.07) is 3.87. The predicted molar refractivity (Wildman–Crippen MR) is 75.1 cm³/mol. The summed E-state index contributed by atoms with van der Waals surface area (Å²) in [6.45, 7) is 7.67. The number of aromatic nitrogens is 3. The van der Waals surface area contributed by atoms with Crippen LogP contribution in [0.4, 0.5) is 0 Å². The Morgan fingerprint density at radius 2 is 2.10 bits per heavy atom. The maximum atomic E-state index is 12.0. The molecule has 2 aromatic rings. The molecule has 2 aromatic heterocycles. The molecule has 0 aliphatic rings. The Hall–Kier alpha value is -2.04. The van der Waals surface area contributed by atoms with Gasteiger partial charge in [0.1, 0.15) is 11.5 Å². The lowest BCUT2D eigenvalue weighted by Crippen LogP contribution is -2.22. The summed E-state index contributed by atoms with van der Waals surface area (Å²) in [4.78, 5) is 20.5.